The van der Waals surface area contributed by atoms with Gasteiger partial charge in [0.05, 0.1) is 6.54 Å². The van der Waals surface area contributed by atoms with E-state index in [9.17, 15) is 9.59 Å². The van der Waals surface area contributed by atoms with Crippen LogP contribution in [0.25, 0.3) is 0 Å². The number of nitrogens with two attached hydrogens (primary N) is 1. The van der Waals surface area contributed by atoms with E-state index in [0.29, 0.717) is 11.4 Å². The Kier molecular flexibility index (Phi) is 6.67. The van der Waals surface area contributed by atoms with Gasteiger partial charge in [0, 0.05) is 11.8 Å². The number of hydrogen-bond donors (Lipinski definition) is 1. The van der Waals surface area contributed by atoms with E-state index < -0.39 is 23.4 Å². The summed E-state index contributed by atoms with van der Waals surface area (Å²) in [6.07, 6.45) is -1.56. The van der Waals surface area contributed by atoms with Gasteiger partial charge in [-0.15, -0.1) is 0 Å². The van der Waals surface area contributed by atoms with Crippen LogP contribution in [-0.4, -0.2) is 41.4 Å². The number of benzene rings is 1. The van der Waals surface area contributed by atoms with E-state index >= 15 is 0 Å². The first-order valence-corrected chi connectivity index (χ1v) is 8.09. The molecule has 0 atom stereocenters. The number of nitrogen functional groups attached to an aromatic ring is 1. The van der Waals surface area contributed by atoms with Crippen LogP contribution in [0.15, 0.2) is 24.3 Å². The smallest absolute Gasteiger partial charge is 0.419 e. The lowest BCUT2D eigenvalue weighted by atomic mass is 10.2. The Labute approximate surface area is 149 Å². The molecule has 25 heavy (non-hydrogen) atoms. The Morgan fingerprint density at radius 3 is 1.96 bits per heavy atom. The van der Waals surface area contributed by atoms with Crippen LogP contribution < -0.4 is 10.5 Å². The fourth-order valence-electron chi connectivity index (χ4n) is 1.75. The van der Waals surface area contributed by atoms with Crippen molar-refractivity contribution in [3.63, 3.8) is 0 Å². The highest BCUT2D eigenvalue weighted by Crippen LogP contribution is 2.16. The molecule has 0 unspecified atom stereocenters. The second kappa shape index (κ2) is 8.09. The van der Waals surface area contributed by atoms with Gasteiger partial charge in [-0.25, -0.2) is 14.5 Å². The maximum atomic E-state index is 12.3. The van der Waals surface area contributed by atoms with Crippen LogP contribution >= 0.6 is 0 Å². The molecule has 0 aliphatic rings. The molecule has 2 amide bonds. The highest BCUT2D eigenvalue weighted by atomic mass is 16.6. The van der Waals surface area contributed by atoms with E-state index in [1.165, 1.54) is 0 Å². The fraction of sp³-hybridized carbons (Fsp3) is 0.556. The molecular weight excluding hydrogens is 324 g/mol. The molecule has 0 aliphatic carbocycles. The maximum absolute atomic E-state index is 12.3. The number of carbonyl (C=O) groups excluding carboxylic acids is 2. The van der Waals surface area contributed by atoms with Crippen LogP contribution in [0.4, 0.5) is 15.3 Å². The lowest BCUT2D eigenvalue weighted by Gasteiger charge is -2.28. The number of imide groups is 1. The SMILES string of the molecule is CC(C)(C)OC(=O)N(CCOc1cccc(N)c1)C(=O)OC(C)(C)C. The summed E-state index contributed by atoms with van der Waals surface area (Å²) in [6, 6.07) is 6.89. The summed E-state index contributed by atoms with van der Waals surface area (Å²) in [4.78, 5) is 25.5. The third-order valence-electron chi connectivity index (χ3n) is 2.67. The number of rotatable bonds is 4. The molecule has 7 nitrogen and oxygen atoms in total. The predicted octanol–water partition coefficient (Wildman–Crippen LogP) is 3.82. The molecule has 2 N–H and O–H groups in total. The normalized spacial score (nSPS) is 11.6. The van der Waals surface area contributed by atoms with Crippen LogP contribution in [0.3, 0.4) is 0 Å². The zero-order valence-corrected chi connectivity index (χ0v) is 15.8. The van der Waals surface area contributed by atoms with Gasteiger partial charge in [0.1, 0.15) is 23.6 Å². The first kappa shape index (κ1) is 20.6. The second-order valence-corrected chi connectivity index (χ2v) is 7.53. The van der Waals surface area contributed by atoms with Crippen molar-refractivity contribution in [2.75, 3.05) is 18.9 Å². The zero-order valence-electron chi connectivity index (χ0n) is 15.8. The second-order valence-electron chi connectivity index (χ2n) is 7.53. The lowest BCUT2D eigenvalue weighted by molar-refractivity contribution is -0.000673. The van der Waals surface area contributed by atoms with Gasteiger partial charge >= 0.3 is 12.2 Å². The summed E-state index contributed by atoms with van der Waals surface area (Å²) in [6.45, 7) is 10.4. The van der Waals surface area contributed by atoms with E-state index in [-0.39, 0.29) is 13.2 Å². The molecule has 0 bridgehead atoms. The van der Waals surface area contributed by atoms with Gasteiger partial charge in [-0.2, -0.15) is 0 Å². The zero-order chi connectivity index (χ0) is 19.3. The molecular formula is C18H28N2O5. The third-order valence-corrected chi connectivity index (χ3v) is 2.67. The third kappa shape index (κ3) is 8.28. The van der Waals surface area contributed by atoms with Crippen molar-refractivity contribution in [3.05, 3.63) is 24.3 Å². The molecule has 0 fully saturated rings. The van der Waals surface area contributed by atoms with E-state index in [2.05, 4.69) is 0 Å². The van der Waals surface area contributed by atoms with Gasteiger partial charge in [0.25, 0.3) is 0 Å². The number of ether oxygens (including phenoxy) is 3. The van der Waals surface area contributed by atoms with Crippen molar-refractivity contribution in [2.24, 2.45) is 0 Å². The fourth-order valence-corrected chi connectivity index (χ4v) is 1.75. The van der Waals surface area contributed by atoms with E-state index in [1.54, 1.807) is 65.8 Å². The minimum absolute atomic E-state index is 0.0153. The molecule has 0 spiro atoms. The Morgan fingerprint density at radius 1 is 1.00 bits per heavy atom. The van der Waals surface area contributed by atoms with Gasteiger partial charge in [-0.05, 0) is 53.7 Å². The Bertz CT molecular complexity index is 574. The Hall–Kier alpha value is -2.44. The Balaban J connectivity index is 2.76. The minimum Gasteiger partial charge on any atom is -0.492 e. The first-order valence-electron chi connectivity index (χ1n) is 8.09. The van der Waals surface area contributed by atoms with Crippen LogP contribution in [0, 0.1) is 0 Å². The average molecular weight is 352 g/mol. The summed E-state index contributed by atoms with van der Waals surface area (Å²) in [5, 5.41) is 0. The number of hydrogen-bond acceptors (Lipinski definition) is 6. The van der Waals surface area contributed by atoms with Crippen molar-refractivity contribution in [1.82, 2.24) is 4.90 Å². The van der Waals surface area contributed by atoms with Gasteiger partial charge in [0.15, 0.2) is 0 Å². The standard InChI is InChI=1S/C18H28N2O5/c1-17(2,3)24-15(21)20(16(22)25-18(4,5)6)10-11-23-14-9-7-8-13(19)12-14/h7-9,12H,10-11,19H2,1-6H3. The largest absolute Gasteiger partial charge is 0.492 e. The highest BCUT2D eigenvalue weighted by Gasteiger charge is 2.31. The molecule has 1 rings (SSSR count). The monoisotopic (exact) mass is 352 g/mol. The lowest BCUT2D eigenvalue weighted by Crippen LogP contribution is -2.45. The number of carbonyl (C=O) groups is 2. The van der Waals surface area contributed by atoms with Crippen molar-refractivity contribution in [1.29, 1.82) is 0 Å². The molecule has 0 radical (unpaired) electrons. The average Bonchev–Trinajstić information content (AvgIpc) is 2.39. The van der Waals surface area contributed by atoms with Gasteiger partial charge < -0.3 is 19.9 Å². The molecule has 0 aromatic heterocycles. The van der Waals surface area contributed by atoms with Gasteiger partial charge in [-0.3, -0.25) is 0 Å². The molecule has 7 heteroatoms. The highest BCUT2D eigenvalue weighted by molar-refractivity contribution is 5.88. The van der Waals surface area contributed by atoms with Crippen LogP contribution in [-0.2, 0) is 9.47 Å². The Morgan fingerprint density at radius 2 is 1.52 bits per heavy atom. The number of nitrogens with zero attached hydrogens (tertiary/aromatic N) is 1. The maximum Gasteiger partial charge on any atom is 0.419 e. The van der Waals surface area contributed by atoms with Crippen molar-refractivity contribution in [3.8, 4) is 5.75 Å². The van der Waals surface area contributed by atoms with E-state index in [4.69, 9.17) is 19.9 Å². The van der Waals surface area contributed by atoms with Crippen LogP contribution in [0.2, 0.25) is 0 Å². The molecule has 1 aromatic carbocycles. The minimum atomic E-state index is -0.780. The van der Waals surface area contributed by atoms with E-state index in [0.717, 1.165) is 4.90 Å². The van der Waals surface area contributed by atoms with Crippen molar-refractivity contribution >= 4 is 17.9 Å². The quantitative estimate of drug-likeness (QED) is 0.828. The number of anilines is 1. The molecule has 140 valence electrons. The summed E-state index contributed by atoms with van der Waals surface area (Å²) >= 11 is 0. The number of amides is 2. The predicted molar refractivity (Wildman–Crippen MR) is 95.5 cm³/mol. The molecule has 0 saturated heterocycles. The molecule has 0 saturated carbocycles. The summed E-state index contributed by atoms with van der Waals surface area (Å²) in [5.74, 6) is 0.549. The van der Waals surface area contributed by atoms with Crippen molar-refractivity contribution < 1.29 is 23.8 Å². The summed E-state index contributed by atoms with van der Waals surface area (Å²) in [5.41, 5.74) is 4.79. The van der Waals surface area contributed by atoms with Gasteiger partial charge in [-0.1, -0.05) is 6.07 Å². The molecule has 0 heterocycles. The van der Waals surface area contributed by atoms with Gasteiger partial charge in [0.2, 0.25) is 0 Å². The van der Waals surface area contributed by atoms with Crippen molar-refractivity contribution in [2.45, 2.75) is 52.7 Å². The summed E-state index contributed by atoms with van der Waals surface area (Å²) < 4.78 is 16.1. The first-order chi connectivity index (χ1) is 11.4. The topological polar surface area (TPSA) is 91.1 Å². The van der Waals surface area contributed by atoms with E-state index in [1.807, 2.05) is 0 Å². The molecule has 1 aromatic rings. The molecule has 0 aliphatic heterocycles. The summed E-state index contributed by atoms with van der Waals surface area (Å²) in [7, 11) is 0. The van der Waals surface area contributed by atoms with Crippen LogP contribution in [0.1, 0.15) is 41.5 Å². The van der Waals surface area contributed by atoms with Crippen LogP contribution in [0.5, 0.6) is 5.75 Å².